The molecule has 0 amide bonds. The van der Waals surface area contributed by atoms with Gasteiger partial charge in [-0.1, -0.05) is 0 Å². The van der Waals surface area contributed by atoms with Gasteiger partial charge in [-0.05, 0) is 28.7 Å². The van der Waals surface area contributed by atoms with Crippen LogP contribution in [-0.2, 0) is 16.0 Å². The lowest BCUT2D eigenvalue weighted by atomic mass is 10.2. The van der Waals surface area contributed by atoms with Crippen LogP contribution in [0, 0.1) is 9.52 Å². The van der Waals surface area contributed by atoms with Gasteiger partial charge in [0, 0.05) is 15.3 Å². The van der Waals surface area contributed by atoms with E-state index in [0.717, 1.165) is 3.57 Å². The van der Waals surface area contributed by atoms with Crippen molar-refractivity contribution in [2.75, 3.05) is 7.11 Å². The van der Waals surface area contributed by atoms with Crippen molar-refractivity contribution in [3.8, 4) is 0 Å². The van der Waals surface area contributed by atoms with Crippen LogP contribution in [0.3, 0.4) is 0 Å². The predicted octanol–water partition coefficient (Wildman–Crippen LogP) is 1.54. The molecule has 5 heteroatoms. The minimum atomic E-state index is -0.620. The molecule has 1 rings (SSSR count). The third kappa shape index (κ3) is 2.91. The van der Waals surface area contributed by atoms with E-state index in [0.29, 0.717) is 0 Å². The van der Waals surface area contributed by atoms with Gasteiger partial charge in [0.2, 0.25) is 5.95 Å². The monoisotopic (exact) mass is 295 g/mol. The van der Waals surface area contributed by atoms with Crippen molar-refractivity contribution in [3.05, 3.63) is 27.3 Å². The summed E-state index contributed by atoms with van der Waals surface area (Å²) in [5.74, 6) is -1.09. The second kappa shape index (κ2) is 4.50. The summed E-state index contributed by atoms with van der Waals surface area (Å²) in [5.41, 5.74) is 0.263. The summed E-state index contributed by atoms with van der Waals surface area (Å²) >= 11 is 2.00. The molecule has 0 bridgehead atoms. The Kier molecular flexibility index (Phi) is 3.58. The van der Waals surface area contributed by atoms with E-state index in [2.05, 4.69) is 9.72 Å². The average Bonchev–Trinajstić information content (AvgIpc) is 2.11. The largest absolute Gasteiger partial charge is 0.469 e. The Labute approximate surface area is 88.4 Å². The van der Waals surface area contributed by atoms with Crippen molar-refractivity contribution < 1.29 is 13.9 Å². The lowest BCUT2D eigenvalue weighted by Gasteiger charge is -2.01. The number of carbonyl (C=O) groups excluding carboxylic acids is 1. The van der Waals surface area contributed by atoms with E-state index in [1.54, 1.807) is 6.07 Å². The Bertz CT molecular complexity index is 330. The minimum Gasteiger partial charge on any atom is -0.469 e. The maximum absolute atomic E-state index is 12.9. The second-order valence-corrected chi connectivity index (χ2v) is 3.60. The molecule has 0 saturated carbocycles. The van der Waals surface area contributed by atoms with Crippen LogP contribution in [0.2, 0.25) is 0 Å². The van der Waals surface area contributed by atoms with Gasteiger partial charge in [0.05, 0.1) is 13.5 Å². The third-order valence-corrected chi connectivity index (χ3v) is 2.03. The normalized spacial score (nSPS) is 9.77. The quantitative estimate of drug-likeness (QED) is 0.472. The summed E-state index contributed by atoms with van der Waals surface area (Å²) < 4.78 is 18.1. The van der Waals surface area contributed by atoms with Gasteiger partial charge in [-0.3, -0.25) is 4.79 Å². The molecule has 0 aliphatic heterocycles. The number of hydrogen-bond acceptors (Lipinski definition) is 3. The van der Waals surface area contributed by atoms with E-state index in [-0.39, 0.29) is 12.0 Å². The van der Waals surface area contributed by atoms with Gasteiger partial charge < -0.3 is 4.74 Å². The van der Waals surface area contributed by atoms with Crippen molar-refractivity contribution >= 4 is 28.6 Å². The van der Waals surface area contributed by atoms with Gasteiger partial charge in [-0.25, -0.2) is 4.98 Å². The number of aromatic nitrogens is 1. The highest BCUT2D eigenvalue weighted by Crippen LogP contribution is 2.10. The lowest BCUT2D eigenvalue weighted by Crippen LogP contribution is -2.07. The topological polar surface area (TPSA) is 39.2 Å². The molecule has 1 aromatic heterocycles. The summed E-state index contributed by atoms with van der Waals surface area (Å²) in [6, 6.07) is 1.57. The van der Waals surface area contributed by atoms with Crippen LogP contribution in [0.4, 0.5) is 4.39 Å². The molecular weight excluding hydrogens is 288 g/mol. The first-order chi connectivity index (χ1) is 6.13. The number of nitrogens with zero attached hydrogens (tertiary/aromatic N) is 1. The molecular formula is C8H7FINO2. The van der Waals surface area contributed by atoms with Crippen LogP contribution in [-0.4, -0.2) is 18.1 Å². The molecule has 1 heterocycles. The van der Waals surface area contributed by atoms with E-state index >= 15 is 0 Å². The van der Waals surface area contributed by atoms with Gasteiger partial charge in [-0.2, -0.15) is 4.39 Å². The molecule has 70 valence electrons. The predicted molar refractivity (Wildman–Crippen MR) is 52.6 cm³/mol. The standard InChI is InChI=1S/C8H7FINO2/c1-13-7(12)3-5-2-6(10)4-11-8(5)9/h2,4H,3H2,1H3. The fourth-order valence-electron chi connectivity index (χ4n) is 0.816. The first-order valence-corrected chi connectivity index (χ1v) is 4.58. The van der Waals surface area contributed by atoms with Crippen molar-refractivity contribution in [3.63, 3.8) is 0 Å². The van der Waals surface area contributed by atoms with E-state index in [1.807, 2.05) is 22.6 Å². The summed E-state index contributed by atoms with van der Waals surface area (Å²) in [6.07, 6.45) is 1.32. The number of ether oxygens (including phenoxy) is 1. The van der Waals surface area contributed by atoms with Crippen LogP contribution in [0.15, 0.2) is 12.3 Å². The molecule has 0 spiro atoms. The Morgan fingerprint density at radius 2 is 2.46 bits per heavy atom. The fraction of sp³-hybridized carbons (Fsp3) is 0.250. The molecule has 0 fully saturated rings. The van der Waals surface area contributed by atoms with Crippen molar-refractivity contribution in [1.29, 1.82) is 0 Å². The Morgan fingerprint density at radius 3 is 3.08 bits per heavy atom. The average molecular weight is 295 g/mol. The van der Waals surface area contributed by atoms with Crippen molar-refractivity contribution in [2.24, 2.45) is 0 Å². The van der Waals surface area contributed by atoms with Gasteiger partial charge in [0.25, 0.3) is 0 Å². The molecule has 0 N–H and O–H groups in total. The Balaban J connectivity index is 2.87. The zero-order chi connectivity index (χ0) is 9.84. The molecule has 0 aliphatic carbocycles. The SMILES string of the molecule is COC(=O)Cc1cc(I)cnc1F. The molecule has 1 aromatic rings. The van der Waals surface area contributed by atoms with E-state index in [9.17, 15) is 9.18 Å². The zero-order valence-electron chi connectivity index (χ0n) is 6.88. The van der Waals surface area contributed by atoms with E-state index in [1.165, 1.54) is 13.3 Å². The molecule has 0 unspecified atom stereocenters. The number of hydrogen-bond donors (Lipinski definition) is 0. The molecule has 3 nitrogen and oxygen atoms in total. The van der Waals surface area contributed by atoms with Crippen LogP contribution in [0.25, 0.3) is 0 Å². The summed E-state index contributed by atoms with van der Waals surface area (Å²) in [6.45, 7) is 0. The third-order valence-electron chi connectivity index (χ3n) is 1.44. The van der Waals surface area contributed by atoms with Crippen LogP contribution in [0.1, 0.15) is 5.56 Å². The van der Waals surface area contributed by atoms with Gasteiger partial charge in [-0.15, -0.1) is 0 Å². The highest BCUT2D eigenvalue weighted by Gasteiger charge is 2.09. The minimum absolute atomic E-state index is 0.0772. The Morgan fingerprint density at radius 1 is 1.77 bits per heavy atom. The number of methoxy groups -OCH3 is 1. The summed E-state index contributed by atoms with van der Waals surface area (Å²) in [5, 5.41) is 0. The number of rotatable bonds is 2. The number of pyridine rings is 1. The van der Waals surface area contributed by atoms with Crippen LogP contribution < -0.4 is 0 Å². The molecule has 0 saturated heterocycles. The fourth-order valence-corrected chi connectivity index (χ4v) is 1.33. The summed E-state index contributed by atoms with van der Waals surface area (Å²) in [4.78, 5) is 14.3. The smallest absolute Gasteiger partial charge is 0.310 e. The zero-order valence-corrected chi connectivity index (χ0v) is 9.04. The maximum Gasteiger partial charge on any atom is 0.310 e. The van der Waals surface area contributed by atoms with E-state index in [4.69, 9.17) is 0 Å². The van der Waals surface area contributed by atoms with Crippen LogP contribution in [0.5, 0.6) is 0 Å². The van der Waals surface area contributed by atoms with Crippen molar-refractivity contribution in [1.82, 2.24) is 4.98 Å². The van der Waals surface area contributed by atoms with Gasteiger partial charge in [0.15, 0.2) is 0 Å². The first-order valence-electron chi connectivity index (χ1n) is 3.50. The van der Waals surface area contributed by atoms with E-state index < -0.39 is 11.9 Å². The molecule has 0 aliphatic rings. The molecule has 0 aromatic carbocycles. The maximum atomic E-state index is 12.9. The first kappa shape index (κ1) is 10.4. The lowest BCUT2D eigenvalue weighted by molar-refractivity contribution is -0.139. The molecule has 0 atom stereocenters. The molecule has 0 radical (unpaired) electrons. The van der Waals surface area contributed by atoms with Crippen molar-refractivity contribution in [2.45, 2.75) is 6.42 Å². The number of carbonyl (C=O) groups is 1. The molecule has 13 heavy (non-hydrogen) atoms. The summed E-state index contributed by atoms with van der Waals surface area (Å²) in [7, 11) is 1.27. The Hall–Kier alpha value is -0.720. The van der Waals surface area contributed by atoms with Gasteiger partial charge >= 0.3 is 5.97 Å². The van der Waals surface area contributed by atoms with Crippen LogP contribution >= 0.6 is 22.6 Å². The number of halogens is 2. The highest BCUT2D eigenvalue weighted by molar-refractivity contribution is 14.1. The van der Waals surface area contributed by atoms with Gasteiger partial charge in [0.1, 0.15) is 0 Å². The number of esters is 1. The highest BCUT2D eigenvalue weighted by atomic mass is 127. The second-order valence-electron chi connectivity index (χ2n) is 2.36.